The summed E-state index contributed by atoms with van der Waals surface area (Å²) in [6.45, 7) is 5.63. The molecule has 0 unspecified atom stereocenters. The summed E-state index contributed by atoms with van der Waals surface area (Å²) in [6, 6.07) is 19.7. The van der Waals surface area contributed by atoms with Gasteiger partial charge in [0.15, 0.2) is 0 Å². The molecule has 42 heavy (non-hydrogen) atoms. The number of rotatable bonds is 14. The zero-order valence-corrected chi connectivity index (χ0v) is 26.5. The topological polar surface area (TPSA) is 96.0 Å². The zero-order chi connectivity index (χ0) is 30.9. The molecular formula is C31H37Cl2N3O5S. The second kappa shape index (κ2) is 15.3. The van der Waals surface area contributed by atoms with Gasteiger partial charge in [0.1, 0.15) is 18.3 Å². The second-order valence-corrected chi connectivity index (χ2v) is 12.7. The Balaban J connectivity index is 2.06. The van der Waals surface area contributed by atoms with Crippen molar-refractivity contribution < 1.29 is 22.7 Å². The fraction of sp³-hybridized carbons (Fsp3) is 0.355. The summed E-state index contributed by atoms with van der Waals surface area (Å²) in [5.74, 6) is -0.318. The van der Waals surface area contributed by atoms with Gasteiger partial charge >= 0.3 is 0 Å². The van der Waals surface area contributed by atoms with Crippen molar-refractivity contribution in [3.8, 4) is 5.75 Å². The first-order chi connectivity index (χ1) is 19.9. The van der Waals surface area contributed by atoms with E-state index in [1.54, 1.807) is 42.5 Å². The van der Waals surface area contributed by atoms with Gasteiger partial charge in [0.25, 0.3) is 0 Å². The monoisotopic (exact) mass is 633 g/mol. The number of benzene rings is 3. The van der Waals surface area contributed by atoms with Gasteiger partial charge in [0.05, 0.1) is 28.6 Å². The first-order valence-electron chi connectivity index (χ1n) is 13.7. The van der Waals surface area contributed by atoms with Gasteiger partial charge in [-0.2, -0.15) is 0 Å². The number of anilines is 1. The lowest BCUT2D eigenvalue weighted by molar-refractivity contribution is -0.140. The molecule has 2 amide bonds. The maximum atomic E-state index is 14.1. The highest BCUT2D eigenvalue weighted by atomic mass is 35.5. The minimum absolute atomic E-state index is 0.00201. The zero-order valence-electron chi connectivity index (χ0n) is 24.2. The van der Waals surface area contributed by atoms with Crippen LogP contribution in [0.5, 0.6) is 5.75 Å². The van der Waals surface area contributed by atoms with Gasteiger partial charge < -0.3 is 15.0 Å². The molecule has 0 aliphatic heterocycles. The number of carbonyl (C=O) groups is 2. The number of carbonyl (C=O) groups excluding carboxylic acids is 2. The molecule has 0 bridgehead atoms. The van der Waals surface area contributed by atoms with Crippen LogP contribution in [-0.4, -0.2) is 56.6 Å². The van der Waals surface area contributed by atoms with E-state index < -0.39 is 28.5 Å². The molecule has 0 saturated carbocycles. The summed E-state index contributed by atoms with van der Waals surface area (Å²) in [7, 11) is -3.88. The van der Waals surface area contributed by atoms with E-state index in [1.165, 1.54) is 4.90 Å². The van der Waals surface area contributed by atoms with Crippen molar-refractivity contribution in [2.24, 2.45) is 0 Å². The number of nitrogens with one attached hydrogen (secondary N) is 1. The van der Waals surface area contributed by atoms with Crippen LogP contribution in [-0.2, 0) is 32.6 Å². The lowest BCUT2D eigenvalue weighted by Crippen LogP contribution is -2.54. The lowest BCUT2D eigenvalue weighted by atomic mass is 10.0. The first kappa shape index (κ1) is 33.2. The molecule has 3 aromatic carbocycles. The van der Waals surface area contributed by atoms with Crippen molar-refractivity contribution in [1.82, 2.24) is 10.2 Å². The Kier molecular flexibility index (Phi) is 12.1. The number of ether oxygens (including phenoxy) is 1. The van der Waals surface area contributed by atoms with Crippen LogP contribution in [0.1, 0.15) is 38.3 Å². The molecule has 0 fully saturated rings. The third kappa shape index (κ3) is 9.37. The van der Waals surface area contributed by atoms with Crippen LogP contribution in [0.15, 0.2) is 72.8 Å². The van der Waals surface area contributed by atoms with Gasteiger partial charge in [-0.15, -0.1) is 0 Å². The molecule has 0 heterocycles. The minimum Gasteiger partial charge on any atom is -0.494 e. The minimum atomic E-state index is -3.88. The second-order valence-electron chi connectivity index (χ2n) is 9.99. The number of nitrogens with zero attached hydrogens (tertiary/aromatic N) is 2. The van der Waals surface area contributed by atoms with Crippen molar-refractivity contribution in [3.63, 3.8) is 0 Å². The largest absolute Gasteiger partial charge is 0.494 e. The van der Waals surface area contributed by atoms with Gasteiger partial charge in [0.2, 0.25) is 21.8 Å². The van der Waals surface area contributed by atoms with Crippen LogP contribution in [0, 0.1) is 0 Å². The highest BCUT2D eigenvalue weighted by molar-refractivity contribution is 7.92. The van der Waals surface area contributed by atoms with Crippen molar-refractivity contribution in [2.45, 2.75) is 52.2 Å². The Bertz CT molecular complexity index is 1450. The van der Waals surface area contributed by atoms with Crippen LogP contribution in [0.2, 0.25) is 10.0 Å². The highest BCUT2D eigenvalue weighted by Gasteiger charge is 2.33. The van der Waals surface area contributed by atoms with Gasteiger partial charge in [-0.3, -0.25) is 13.9 Å². The predicted octanol–water partition coefficient (Wildman–Crippen LogP) is 5.71. The highest BCUT2D eigenvalue weighted by Crippen LogP contribution is 2.26. The summed E-state index contributed by atoms with van der Waals surface area (Å²) in [6.07, 6.45) is 1.96. The first-order valence-corrected chi connectivity index (χ1v) is 16.3. The number of halogens is 2. The van der Waals surface area contributed by atoms with Gasteiger partial charge in [-0.25, -0.2) is 8.42 Å². The maximum Gasteiger partial charge on any atom is 0.244 e. The van der Waals surface area contributed by atoms with Crippen LogP contribution in [0.4, 0.5) is 5.69 Å². The van der Waals surface area contributed by atoms with Crippen LogP contribution >= 0.6 is 23.2 Å². The summed E-state index contributed by atoms with van der Waals surface area (Å²) < 4.78 is 32.4. The van der Waals surface area contributed by atoms with E-state index in [-0.39, 0.29) is 24.9 Å². The predicted molar refractivity (Wildman–Crippen MR) is 169 cm³/mol. The molecule has 3 rings (SSSR count). The Morgan fingerprint density at radius 1 is 0.929 bits per heavy atom. The van der Waals surface area contributed by atoms with E-state index in [9.17, 15) is 18.0 Å². The van der Waals surface area contributed by atoms with Crippen molar-refractivity contribution in [2.75, 3.05) is 23.7 Å². The molecule has 0 spiro atoms. The molecule has 0 aliphatic rings. The maximum absolute atomic E-state index is 14.1. The molecular weight excluding hydrogens is 597 g/mol. The third-order valence-electron chi connectivity index (χ3n) is 6.72. The third-order valence-corrected chi connectivity index (χ3v) is 8.60. The molecule has 3 aromatic rings. The van der Waals surface area contributed by atoms with Crippen molar-refractivity contribution >= 4 is 50.7 Å². The molecule has 8 nitrogen and oxygen atoms in total. The molecule has 0 aliphatic carbocycles. The van der Waals surface area contributed by atoms with E-state index >= 15 is 0 Å². The van der Waals surface area contributed by atoms with E-state index in [2.05, 4.69) is 5.32 Å². The van der Waals surface area contributed by atoms with Gasteiger partial charge in [-0.1, -0.05) is 66.5 Å². The van der Waals surface area contributed by atoms with Gasteiger partial charge in [-0.05, 0) is 67.8 Å². The molecule has 226 valence electrons. The molecule has 11 heteroatoms. The standard InChI is InChI=1S/C31H37Cl2N3O5S/c1-5-22(3)34-31(38)29(19-23-10-8-7-9-11-23)35(20-24-12-17-27(32)28(33)18-24)30(37)21-36(42(4,39)40)25-13-15-26(16-14-25)41-6-2/h7-18,22,29H,5-6,19-21H2,1-4H3,(H,34,38)/t22-,29+/m0/s1. The average Bonchev–Trinajstić information content (AvgIpc) is 2.95. The molecule has 2 atom stereocenters. The average molecular weight is 635 g/mol. The lowest BCUT2D eigenvalue weighted by Gasteiger charge is -2.34. The van der Waals surface area contributed by atoms with Crippen LogP contribution in [0.25, 0.3) is 0 Å². The smallest absolute Gasteiger partial charge is 0.244 e. The van der Waals surface area contributed by atoms with Crippen LogP contribution < -0.4 is 14.4 Å². The quantitative estimate of drug-likeness (QED) is 0.245. The Morgan fingerprint density at radius 3 is 2.17 bits per heavy atom. The molecule has 1 N–H and O–H groups in total. The Morgan fingerprint density at radius 2 is 1.60 bits per heavy atom. The SMILES string of the molecule is CCOc1ccc(N(CC(=O)N(Cc2ccc(Cl)c(Cl)c2)[C@H](Cc2ccccc2)C(=O)N[C@@H](C)CC)S(C)(=O)=O)cc1. The van der Waals surface area contributed by atoms with Crippen LogP contribution in [0.3, 0.4) is 0 Å². The van der Waals surface area contributed by atoms with Gasteiger partial charge in [0, 0.05) is 19.0 Å². The Hall–Kier alpha value is -3.27. The fourth-order valence-electron chi connectivity index (χ4n) is 4.32. The fourth-order valence-corrected chi connectivity index (χ4v) is 5.49. The summed E-state index contributed by atoms with van der Waals surface area (Å²) >= 11 is 12.4. The summed E-state index contributed by atoms with van der Waals surface area (Å²) in [5, 5.41) is 3.66. The van der Waals surface area contributed by atoms with E-state index in [4.69, 9.17) is 27.9 Å². The number of hydrogen-bond donors (Lipinski definition) is 1. The summed E-state index contributed by atoms with van der Waals surface area (Å²) in [5.41, 5.74) is 1.78. The number of hydrogen-bond acceptors (Lipinski definition) is 5. The summed E-state index contributed by atoms with van der Waals surface area (Å²) in [4.78, 5) is 29.3. The van der Waals surface area contributed by atoms with E-state index in [0.29, 0.717) is 40.1 Å². The molecule has 0 radical (unpaired) electrons. The van der Waals surface area contributed by atoms with E-state index in [1.807, 2.05) is 51.1 Å². The molecule has 0 aromatic heterocycles. The Labute approximate surface area is 258 Å². The molecule has 0 saturated heterocycles. The number of amides is 2. The van der Waals surface area contributed by atoms with E-state index in [0.717, 1.165) is 16.1 Å². The normalized spacial score (nSPS) is 12.7. The van der Waals surface area contributed by atoms with Crippen molar-refractivity contribution in [1.29, 1.82) is 0 Å². The van der Waals surface area contributed by atoms with Crippen molar-refractivity contribution in [3.05, 3.63) is 94.0 Å². The number of sulfonamides is 1.